The Labute approximate surface area is 123 Å². The Balaban J connectivity index is 1.94. The van der Waals surface area contributed by atoms with Crippen LogP contribution in [0.15, 0.2) is 39.0 Å². The number of nitrogens with zero attached hydrogens (tertiary/aromatic N) is 1. The molecule has 0 saturated heterocycles. The molecule has 0 radical (unpaired) electrons. The summed E-state index contributed by atoms with van der Waals surface area (Å²) in [6.45, 7) is 6.50. The van der Waals surface area contributed by atoms with Crippen LogP contribution in [0.2, 0.25) is 0 Å². The number of rotatable bonds is 7. The van der Waals surface area contributed by atoms with Crippen molar-refractivity contribution in [3.8, 4) is 0 Å². The lowest BCUT2D eigenvalue weighted by molar-refractivity contribution is 0.199. The standard InChI is InChI=1S/C15H20N2O2S/c1-11-8-14(20-15-17-12(2)10-19-15)5-4-13(11)9-16-6-7-18-3/h4-5,8,10,16H,6-7,9H2,1-3H3. The zero-order valence-corrected chi connectivity index (χ0v) is 12.9. The van der Waals surface area contributed by atoms with Crippen LogP contribution < -0.4 is 5.32 Å². The predicted octanol–water partition coefficient (Wildman–Crippen LogP) is 3.18. The quantitative estimate of drug-likeness (QED) is 0.794. The molecule has 0 bridgehead atoms. The zero-order valence-electron chi connectivity index (χ0n) is 12.1. The Hall–Kier alpha value is -1.30. The Morgan fingerprint density at radius 3 is 2.85 bits per heavy atom. The Morgan fingerprint density at radius 2 is 2.20 bits per heavy atom. The van der Waals surface area contributed by atoms with Crippen molar-refractivity contribution in [2.24, 2.45) is 0 Å². The SMILES string of the molecule is COCCNCc1ccc(Sc2nc(C)co2)cc1C. The van der Waals surface area contributed by atoms with Crippen LogP contribution in [0.5, 0.6) is 0 Å². The van der Waals surface area contributed by atoms with Gasteiger partial charge in [0, 0.05) is 25.1 Å². The summed E-state index contributed by atoms with van der Waals surface area (Å²) < 4.78 is 10.4. The molecule has 1 N–H and O–H groups in total. The zero-order chi connectivity index (χ0) is 14.4. The van der Waals surface area contributed by atoms with Crippen molar-refractivity contribution >= 4 is 11.8 Å². The van der Waals surface area contributed by atoms with Crippen LogP contribution in [0.3, 0.4) is 0 Å². The molecular weight excluding hydrogens is 272 g/mol. The first-order chi connectivity index (χ1) is 9.69. The van der Waals surface area contributed by atoms with Crippen LogP contribution >= 0.6 is 11.8 Å². The van der Waals surface area contributed by atoms with Crippen LogP contribution in [0.1, 0.15) is 16.8 Å². The molecule has 0 spiro atoms. The summed E-state index contributed by atoms with van der Waals surface area (Å²) in [5.74, 6) is 0. The molecule has 0 atom stereocenters. The second-order valence-electron chi connectivity index (χ2n) is 4.61. The Kier molecular flexibility index (Phi) is 5.64. The van der Waals surface area contributed by atoms with Gasteiger partial charge in [0.1, 0.15) is 6.26 Å². The van der Waals surface area contributed by atoms with E-state index in [2.05, 4.69) is 35.4 Å². The van der Waals surface area contributed by atoms with Crippen LogP contribution in [0.4, 0.5) is 0 Å². The van der Waals surface area contributed by atoms with E-state index in [0.717, 1.165) is 30.3 Å². The van der Waals surface area contributed by atoms with Gasteiger partial charge in [0.05, 0.1) is 12.3 Å². The summed E-state index contributed by atoms with van der Waals surface area (Å²) in [7, 11) is 1.71. The molecule has 2 rings (SSSR count). The van der Waals surface area contributed by atoms with Crippen LogP contribution in [-0.4, -0.2) is 25.2 Å². The van der Waals surface area contributed by atoms with Crippen molar-refractivity contribution < 1.29 is 9.15 Å². The minimum absolute atomic E-state index is 0.688. The molecule has 0 fully saturated rings. The molecule has 0 unspecified atom stereocenters. The molecule has 108 valence electrons. The number of hydrogen-bond donors (Lipinski definition) is 1. The van der Waals surface area contributed by atoms with Gasteiger partial charge in [-0.2, -0.15) is 0 Å². The Morgan fingerprint density at radius 1 is 1.35 bits per heavy atom. The Bertz CT molecular complexity index is 555. The molecule has 5 heteroatoms. The number of hydrogen-bond acceptors (Lipinski definition) is 5. The third-order valence-corrected chi connectivity index (χ3v) is 3.77. The lowest BCUT2D eigenvalue weighted by Crippen LogP contribution is -2.19. The lowest BCUT2D eigenvalue weighted by atomic mass is 10.1. The van der Waals surface area contributed by atoms with Crippen molar-refractivity contribution in [1.82, 2.24) is 10.3 Å². The number of ether oxygens (including phenoxy) is 1. The second kappa shape index (κ2) is 7.47. The predicted molar refractivity (Wildman–Crippen MR) is 80.1 cm³/mol. The highest BCUT2D eigenvalue weighted by molar-refractivity contribution is 7.99. The molecule has 1 aromatic heterocycles. The minimum atomic E-state index is 0.688. The monoisotopic (exact) mass is 292 g/mol. The fourth-order valence-electron chi connectivity index (χ4n) is 1.81. The summed E-state index contributed by atoms with van der Waals surface area (Å²) >= 11 is 1.55. The van der Waals surface area contributed by atoms with E-state index in [4.69, 9.17) is 9.15 Å². The normalized spacial score (nSPS) is 10.9. The third kappa shape index (κ3) is 4.37. The van der Waals surface area contributed by atoms with Gasteiger partial charge in [-0.1, -0.05) is 6.07 Å². The molecule has 4 nitrogen and oxygen atoms in total. The van der Waals surface area contributed by atoms with E-state index >= 15 is 0 Å². The van der Waals surface area contributed by atoms with E-state index in [0.29, 0.717) is 5.22 Å². The maximum atomic E-state index is 5.36. The first-order valence-corrected chi connectivity index (χ1v) is 7.40. The van der Waals surface area contributed by atoms with E-state index < -0.39 is 0 Å². The molecule has 1 aromatic carbocycles. The summed E-state index contributed by atoms with van der Waals surface area (Å²) in [4.78, 5) is 5.44. The highest BCUT2D eigenvalue weighted by Gasteiger charge is 2.05. The van der Waals surface area contributed by atoms with Crippen molar-refractivity contribution in [3.63, 3.8) is 0 Å². The van der Waals surface area contributed by atoms with E-state index in [9.17, 15) is 0 Å². The molecule has 0 amide bonds. The highest BCUT2D eigenvalue weighted by atomic mass is 32.2. The van der Waals surface area contributed by atoms with Gasteiger partial charge in [0.15, 0.2) is 0 Å². The lowest BCUT2D eigenvalue weighted by Gasteiger charge is -2.08. The van der Waals surface area contributed by atoms with Gasteiger partial charge in [-0.05, 0) is 48.9 Å². The molecule has 1 heterocycles. The molecule has 20 heavy (non-hydrogen) atoms. The number of aromatic nitrogens is 1. The molecule has 0 aliphatic rings. The molecule has 0 aliphatic heterocycles. The van der Waals surface area contributed by atoms with Crippen LogP contribution in [-0.2, 0) is 11.3 Å². The largest absolute Gasteiger partial charge is 0.439 e. The second-order valence-corrected chi connectivity index (χ2v) is 5.64. The smallest absolute Gasteiger partial charge is 0.260 e. The van der Waals surface area contributed by atoms with Gasteiger partial charge in [0.25, 0.3) is 5.22 Å². The van der Waals surface area contributed by atoms with Gasteiger partial charge in [0.2, 0.25) is 0 Å². The van der Waals surface area contributed by atoms with Crippen molar-refractivity contribution in [1.29, 1.82) is 0 Å². The van der Waals surface area contributed by atoms with Gasteiger partial charge in [-0.25, -0.2) is 4.98 Å². The highest BCUT2D eigenvalue weighted by Crippen LogP contribution is 2.28. The van der Waals surface area contributed by atoms with Crippen LogP contribution in [0, 0.1) is 13.8 Å². The maximum absolute atomic E-state index is 5.36. The number of benzene rings is 1. The van der Waals surface area contributed by atoms with E-state index in [1.807, 2.05) is 6.92 Å². The van der Waals surface area contributed by atoms with Crippen molar-refractivity contribution in [2.75, 3.05) is 20.3 Å². The fourth-order valence-corrected chi connectivity index (χ4v) is 2.67. The maximum Gasteiger partial charge on any atom is 0.260 e. The molecular formula is C15H20N2O2S. The average molecular weight is 292 g/mol. The third-order valence-electron chi connectivity index (χ3n) is 2.92. The van der Waals surface area contributed by atoms with E-state index in [1.54, 1.807) is 25.1 Å². The number of nitrogens with one attached hydrogen (secondary N) is 1. The topological polar surface area (TPSA) is 47.3 Å². The first-order valence-electron chi connectivity index (χ1n) is 6.58. The van der Waals surface area contributed by atoms with Gasteiger partial charge < -0.3 is 14.5 Å². The average Bonchev–Trinajstić information content (AvgIpc) is 2.82. The summed E-state index contributed by atoms with van der Waals surface area (Å²) in [5.41, 5.74) is 3.47. The summed E-state index contributed by atoms with van der Waals surface area (Å²) in [6.07, 6.45) is 1.67. The molecule has 2 aromatic rings. The van der Waals surface area contributed by atoms with E-state index in [-0.39, 0.29) is 0 Å². The van der Waals surface area contributed by atoms with Crippen molar-refractivity contribution in [2.45, 2.75) is 30.5 Å². The summed E-state index contributed by atoms with van der Waals surface area (Å²) in [5, 5.41) is 4.04. The van der Waals surface area contributed by atoms with Crippen molar-refractivity contribution in [3.05, 3.63) is 41.3 Å². The number of aryl methyl sites for hydroxylation is 2. The van der Waals surface area contributed by atoms with Gasteiger partial charge in [-0.3, -0.25) is 0 Å². The minimum Gasteiger partial charge on any atom is -0.439 e. The molecule has 0 aliphatic carbocycles. The van der Waals surface area contributed by atoms with Gasteiger partial charge in [-0.15, -0.1) is 0 Å². The first kappa shape index (κ1) is 15.1. The van der Waals surface area contributed by atoms with E-state index in [1.165, 1.54) is 11.1 Å². The fraction of sp³-hybridized carbons (Fsp3) is 0.400. The molecule has 0 saturated carbocycles. The van der Waals surface area contributed by atoms with Crippen LogP contribution in [0.25, 0.3) is 0 Å². The summed E-state index contributed by atoms with van der Waals surface area (Å²) in [6, 6.07) is 6.41. The van der Waals surface area contributed by atoms with Gasteiger partial charge >= 0.3 is 0 Å². The number of methoxy groups -OCH3 is 1. The number of oxazole rings is 1.